The predicted molar refractivity (Wildman–Crippen MR) is 66.5 cm³/mol. The molecule has 1 unspecified atom stereocenters. The van der Waals surface area contributed by atoms with Gasteiger partial charge in [0.2, 0.25) is 0 Å². The summed E-state index contributed by atoms with van der Waals surface area (Å²) >= 11 is 0. The fraction of sp³-hybridized carbons (Fsp3) is 0.857. The molecule has 0 spiro atoms. The minimum absolute atomic E-state index is 0.508. The van der Waals surface area contributed by atoms with Crippen molar-refractivity contribution < 1.29 is 0 Å². The minimum Gasteiger partial charge on any atom is -0.0883 e. The summed E-state index contributed by atoms with van der Waals surface area (Å²) in [6, 6.07) is 0. The highest BCUT2D eigenvalue weighted by Gasteiger charge is 2.16. The van der Waals surface area contributed by atoms with Crippen molar-refractivity contribution in [3.05, 3.63) is 12.2 Å². The molecule has 0 aromatic carbocycles. The van der Waals surface area contributed by atoms with Crippen LogP contribution in [0.2, 0.25) is 0 Å². The second kappa shape index (κ2) is 7.09. The Morgan fingerprint density at radius 1 is 1.21 bits per heavy atom. The molecule has 0 aliphatic rings. The Morgan fingerprint density at radius 3 is 2.36 bits per heavy atom. The highest BCUT2D eigenvalue weighted by molar-refractivity contribution is 4.88. The van der Waals surface area contributed by atoms with Crippen molar-refractivity contribution in [3.63, 3.8) is 0 Å². The molecule has 1 atom stereocenters. The van der Waals surface area contributed by atoms with Gasteiger partial charge in [0.05, 0.1) is 0 Å². The Labute approximate surface area is 90.8 Å². The molecule has 0 amide bonds. The Bertz CT molecular complexity index is 153. The van der Waals surface area contributed by atoms with Crippen molar-refractivity contribution in [1.82, 2.24) is 0 Å². The van der Waals surface area contributed by atoms with Gasteiger partial charge in [0.1, 0.15) is 0 Å². The second-order valence-corrected chi connectivity index (χ2v) is 5.27. The lowest BCUT2D eigenvalue weighted by atomic mass is 9.81. The highest BCUT2D eigenvalue weighted by Crippen LogP contribution is 2.29. The predicted octanol–water partition coefficient (Wildman–Crippen LogP) is 5.20. The van der Waals surface area contributed by atoms with E-state index in [2.05, 4.69) is 46.8 Å². The molecule has 0 rings (SSSR count). The van der Waals surface area contributed by atoms with E-state index in [1.807, 2.05) is 0 Å². The zero-order valence-electron chi connectivity index (χ0n) is 10.8. The molecular weight excluding hydrogens is 168 g/mol. The first kappa shape index (κ1) is 13.7. The van der Waals surface area contributed by atoms with E-state index >= 15 is 0 Å². The number of rotatable bonds is 7. The largest absolute Gasteiger partial charge is 0.0883 e. The van der Waals surface area contributed by atoms with Crippen LogP contribution >= 0.6 is 0 Å². The Morgan fingerprint density at radius 2 is 1.86 bits per heavy atom. The highest BCUT2D eigenvalue weighted by atomic mass is 14.2. The molecular formula is C14H28. The molecule has 0 saturated heterocycles. The van der Waals surface area contributed by atoms with Gasteiger partial charge in [0, 0.05) is 0 Å². The number of hydrogen-bond donors (Lipinski definition) is 0. The van der Waals surface area contributed by atoms with Crippen molar-refractivity contribution in [2.24, 2.45) is 11.3 Å². The zero-order valence-corrected chi connectivity index (χ0v) is 10.8. The molecule has 0 nitrogen and oxygen atoms in total. The van der Waals surface area contributed by atoms with Gasteiger partial charge >= 0.3 is 0 Å². The van der Waals surface area contributed by atoms with E-state index in [0.717, 1.165) is 5.92 Å². The van der Waals surface area contributed by atoms with Crippen molar-refractivity contribution in [2.75, 3.05) is 0 Å². The van der Waals surface area contributed by atoms with Crippen LogP contribution in [0.3, 0.4) is 0 Å². The summed E-state index contributed by atoms with van der Waals surface area (Å²) in [6.07, 6.45) is 11.2. The van der Waals surface area contributed by atoms with Crippen LogP contribution < -0.4 is 0 Å². The maximum Gasteiger partial charge on any atom is -0.0257 e. The van der Waals surface area contributed by atoms with Crippen LogP contribution in [0.15, 0.2) is 12.2 Å². The van der Waals surface area contributed by atoms with Gasteiger partial charge in [0.15, 0.2) is 0 Å². The van der Waals surface area contributed by atoms with Crippen molar-refractivity contribution in [3.8, 4) is 0 Å². The molecule has 0 fully saturated rings. The number of unbranched alkanes of at least 4 members (excludes halogenated alkanes) is 2. The molecule has 0 N–H and O–H groups in total. The second-order valence-electron chi connectivity index (χ2n) is 5.27. The zero-order chi connectivity index (χ0) is 11.0. The molecule has 0 radical (unpaired) electrons. The Balaban J connectivity index is 3.74. The van der Waals surface area contributed by atoms with E-state index < -0.39 is 0 Å². The SMILES string of the molecule is CCCCC=CC(C)CC(C)(C)CC. The maximum atomic E-state index is 2.40. The Kier molecular flexibility index (Phi) is 6.96. The van der Waals surface area contributed by atoms with Crippen LogP contribution in [0, 0.1) is 11.3 Å². The molecule has 0 aromatic rings. The van der Waals surface area contributed by atoms with Gasteiger partial charge in [-0.1, -0.05) is 66.0 Å². The van der Waals surface area contributed by atoms with Gasteiger partial charge in [-0.15, -0.1) is 0 Å². The quantitative estimate of drug-likeness (QED) is 0.388. The van der Waals surface area contributed by atoms with Crippen LogP contribution in [0.4, 0.5) is 0 Å². The molecule has 14 heavy (non-hydrogen) atoms. The van der Waals surface area contributed by atoms with Crippen LogP contribution in [-0.2, 0) is 0 Å². The van der Waals surface area contributed by atoms with Gasteiger partial charge < -0.3 is 0 Å². The van der Waals surface area contributed by atoms with Gasteiger partial charge in [-0.3, -0.25) is 0 Å². The average molecular weight is 196 g/mol. The first-order valence-corrected chi connectivity index (χ1v) is 6.18. The van der Waals surface area contributed by atoms with Crippen LogP contribution in [0.25, 0.3) is 0 Å². The summed E-state index contributed by atoms with van der Waals surface area (Å²) < 4.78 is 0. The smallest absolute Gasteiger partial charge is 0.0257 e. The molecule has 0 heterocycles. The van der Waals surface area contributed by atoms with Crippen LogP contribution in [0.1, 0.15) is 66.7 Å². The van der Waals surface area contributed by atoms with Gasteiger partial charge in [-0.25, -0.2) is 0 Å². The normalized spacial score (nSPS) is 14.9. The van der Waals surface area contributed by atoms with Crippen LogP contribution in [-0.4, -0.2) is 0 Å². The monoisotopic (exact) mass is 196 g/mol. The van der Waals surface area contributed by atoms with E-state index in [9.17, 15) is 0 Å². The van der Waals surface area contributed by atoms with Gasteiger partial charge in [-0.2, -0.15) is 0 Å². The summed E-state index contributed by atoms with van der Waals surface area (Å²) in [7, 11) is 0. The van der Waals surface area contributed by atoms with E-state index in [4.69, 9.17) is 0 Å². The lowest BCUT2D eigenvalue weighted by Crippen LogP contribution is -2.13. The van der Waals surface area contributed by atoms with Crippen molar-refractivity contribution in [1.29, 1.82) is 0 Å². The third kappa shape index (κ3) is 7.17. The summed E-state index contributed by atoms with van der Waals surface area (Å²) in [6.45, 7) is 11.6. The van der Waals surface area contributed by atoms with Crippen molar-refractivity contribution >= 4 is 0 Å². The average Bonchev–Trinajstić information content (AvgIpc) is 2.12. The van der Waals surface area contributed by atoms with Gasteiger partial charge in [-0.05, 0) is 24.2 Å². The number of allylic oxidation sites excluding steroid dienone is 2. The lowest BCUT2D eigenvalue weighted by molar-refractivity contribution is 0.289. The number of hydrogen-bond acceptors (Lipinski definition) is 0. The third-order valence-electron chi connectivity index (χ3n) is 3.02. The topological polar surface area (TPSA) is 0 Å². The standard InChI is InChI=1S/C14H28/c1-6-8-9-10-11-13(3)12-14(4,5)7-2/h10-11,13H,6-9,12H2,1-5H3. The molecule has 84 valence electrons. The molecule has 0 heteroatoms. The lowest BCUT2D eigenvalue weighted by Gasteiger charge is -2.25. The van der Waals surface area contributed by atoms with E-state index in [0.29, 0.717) is 5.41 Å². The summed E-state index contributed by atoms with van der Waals surface area (Å²) in [5.41, 5.74) is 0.508. The summed E-state index contributed by atoms with van der Waals surface area (Å²) in [5.74, 6) is 0.738. The molecule has 0 bridgehead atoms. The molecule has 0 aromatic heterocycles. The summed E-state index contributed by atoms with van der Waals surface area (Å²) in [5, 5.41) is 0. The van der Waals surface area contributed by atoms with E-state index in [-0.39, 0.29) is 0 Å². The third-order valence-corrected chi connectivity index (χ3v) is 3.02. The first-order valence-electron chi connectivity index (χ1n) is 6.18. The van der Waals surface area contributed by atoms with Crippen LogP contribution in [0.5, 0.6) is 0 Å². The molecule has 0 aliphatic heterocycles. The first-order chi connectivity index (χ1) is 6.52. The fourth-order valence-electron chi connectivity index (χ4n) is 1.73. The summed E-state index contributed by atoms with van der Waals surface area (Å²) in [4.78, 5) is 0. The molecule has 0 saturated carbocycles. The van der Waals surface area contributed by atoms with E-state index in [1.165, 1.54) is 32.1 Å². The molecule has 0 aliphatic carbocycles. The Hall–Kier alpha value is -0.260. The van der Waals surface area contributed by atoms with Crippen molar-refractivity contribution in [2.45, 2.75) is 66.7 Å². The van der Waals surface area contributed by atoms with Gasteiger partial charge in [0.25, 0.3) is 0 Å². The fourth-order valence-corrected chi connectivity index (χ4v) is 1.73. The minimum atomic E-state index is 0.508. The van der Waals surface area contributed by atoms with E-state index in [1.54, 1.807) is 0 Å². The maximum absolute atomic E-state index is 2.40.